The molecule has 3 heterocycles. The molecule has 6 rings (SSSR count). The van der Waals surface area contributed by atoms with Crippen molar-refractivity contribution < 1.29 is 18.3 Å². The highest BCUT2D eigenvalue weighted by atomic mass is 19.2. The van der Waals surface area contributed by atoms with E-state index in [1.807, 2.05) is 18.2 Å². The van der Waals surface area contributed by atoms with Gasteiger partial charge in [0.25, 0.3) is 0 Å². The second-order valence-corrected chi connectivity index (χ2v) is 10.2. The molecule has 3 saturated heterocycles. The summed E-state index contributed by atoms with van der Waals surface area (Å²) in [5, 5.41) is 3.16. The van der Waals surface area contributed by atoms with E-state index in [0.717, 1.165) is 68.1 Å². The molecular formula is C26H30F2N2O2. The number of ether oxygens (including phenoxy) is 1. The lowest BCUT2D eigenvalue weighted by atomic mass is 9.70. The molecule has 3 aliphatic heterocycles. The summed E-state index contributed by atoms with van der Waals surface area (Å²) in [6.45, 7) is 7.38. The van der Waals surface area contributed by atoms with Gasteiger partial charge in [-0.2, -0.15) is 0 Å². The van der Waals surface area contributed by atoms with Crippen LogP contribution in [0.5, 0.6) is 0 Å². The van der Waals surface area contributed by atoms with Gasteiger partial charge in [-0.3, -0.25) is 4.90 Å². The van der Waals surface area contributed by atoms with Crippen LogP contribution >= 0.6 is 0 Å². The first-order valence-corrected chi connectivity index (χ1v) is 11.6. The van der Waals surface area contributed by atoms with Crippen molar-refractivity contribution in [3.63, 3.8) is 0 Å². The van der Waals surface area contributed by atoms with Gasteiger partial charge in [0.05, 0.1) is 6.04 Å². The van der Waals surface area contributed by atoms with Crippen molar-refractivity contribution >= 4 is 6.09 Å². The van der Waals surface area contributed by atoms with Crippen LogP contribution in [0.4, 0.5) is 13.6 Å². The fraction of sp³-hybridized carbons (Fsp3) is 0.500. The van der Waals surface area contributed by atoms with Gasteiger partial charge in [-0.15, -0.1) is 0 Å². The lowest BCUT2D eigenvalue weighted by Crippen LogP contribution is -2.53. The van der Waals surface area contributed by atoms with Crippen molar-refractivity contribution in [3.05, 3.63) is 59.2 Å². The number of nitrogens with zero attached hydrogens (tertiary/aromatic N) is 1. The number of amides is 1. The van der Waals surface area contributed by atoms with E-state index in [9.17, 15) is 13.6 Å². The third-order valence-electron chi connectivity index (χ3n) is 7.64. The monoisotopic (exact) mass is 440 g/mol. The summed E-state index contributed by atoms with van der Waals surface area (Å²) >= 11 is 0. The van der Waals surface area contributed by atoms with Crippen molar-refractivity contribution in [2.45, 2.75) is 51.7 Å². The van der Waals surface area contributed by atoms with Gasteiger partial charge in [-0.25, -0.2) is 13.6 Å². The van der Waals surface area contributed by atoms with E-state index in [0.29, 0.717) is 11.5 Å². The van der Waals surface area contributed by atoms with E-state index in [4.69, 9.17) is 4.74 Å². The number of nitrogens with one attached hydrogen (secondary N) is 1. The molecule has 2 aromatic carbocycles. The number of carbonyl (C=O) groups excluding carboxylic acids is 1. The van der Waals surface area contributed by atoms with Gasteiger partial charge in [0.1, 0.15) is 6.10 Å². The Morgan fingerprint density at radius 3 is 2.47 bits per heavy atom. The van der Waals surface area contributed by atoms with Crippen molar-refractivity contribution in [2.24, 2.45) is 11.3 Å². The summed E-state index contributed by atoms with van der Waals surface area (Å²) in [5.74, 6) is -1.23. The maximum atomic E-state index is 13.7. The zero-order chi connectivity index (χ0) is 22.5. The quantitative estimate of drug-likeness (QED) is 0.689. The first-order valence-electron chi connectivity index (χ1n) is 11.6. The average molecular weight is 441 g/mol. The Morgan fingerprint density at radius 1 is 1.06 bits per heavy atom. The minimum absolute atomic E-state index is 0.0283. The van der Waals surface area contributed by atoms with Gasteiger partial charge < -0.3 is 10.1 Å². The zero-order valence-corrected chi connectivity index (χ0v) is 18.7. The van der Waals surface area contributed by atoms with Crippen molar-refractivity contribution in [1.82, 2.24) is 10.2 Å². The minimum atomic E-state index is -0.851. The normalized spacial score (nSPS) is 28.1. The van der Waals surface area contributed by atoms with Crippen LogP contribution in [0, 0.1) is 23.0 Å². The Hall–Kier alpha value is -2.47. The van der Waals surface area contributed by atoms with E-state index in [-0.39, 0.29) is 23.7 Å². The van der Waals surface area contributed by atoms with Crippen LogP contribution in [0.1, 0.15) is 50.3 Å². The molecule has 1 amide bonds. The number of benzene rings is 2. The SMILES string of the molecule is CC1(C)CCc2cc(-c3ccc(F)c(F)c3)ccc2C1NC(=O)O[C@H]1CN2CCC1CC2. The van der Waals surface area contributed by atoms with Gasteiger partial charge in [0.15, 0.2) is 11.6 Å². The number of carbonyl (C=O) groups is 1. The predicted octanol–water partition coefficient (Wildman–Crippen LogP) is 5.47. The molecule has 0 aromatic heterocycles. The molecule has 0 saturated carbocycles. The molecular weight excluding hydrogens is 410 g/mol. The zero-order valence-electron chi connectivity index (χ0n) is 18.7. The fourth-order valence-corrected chi connectivity index (χ4v) is 5.59. The molecule has 1 unspecified atom stereocenters. The molecule has 0 spiro atoms. The maximum Gasteiger partial charge on any atom is 0.407 e. The number of aryl methyl sites for hydroxylation is 1. The Kier molecular flexibility index (Phi) is 5.44. The standard InChI is InChI=1S/C26H30F2N2O2/c1-26(2)10-7-19-13-17(18-4-6-21(27)22(28)14-18)3-5-20(19)24(26)29-25(31)32-23-15-30-11-8-16(23)9-12-30/h3-6,13-14,16,23-24H,7-12,15H2,1-2H3,(H,29,31)/t23-,24?/m0/s1. The molecule has 2 atom stereocenters. The summed E-state index contributed by atoms with van der Waals surface area (Å²) < 4.78 is 32.9. The number of hydrogen-bond acceptors (Lipinski definition) is 3. The van der Waals surface area contributed by atoms with E-state index >= 15 is 0 Å². The van der Waals surface area contributed by atoms with Gasteiger partial charge in [-0.05, 0) is 84.5 Å². The molecule has 4 nitrogen and oxygen atoms in total. The topological polar surface area (TPSA) is 41.6 Å². The number of halogens is 2. The molecule has 6 heteroatoms. The van der Waals surface area contributed by atoms with Crippen LogP contribution in [0.25, 0.3) is 11.1 Å². The molecule has 170 valence electrons. The number of alkyl carbamates (subject to hydrolysis) is 1. The smallest absolute Gasteiger partial charge is 0.407 e. The highest BCUT2D eigenvalue weighted by Gasteiger charge is 2.40. The molecule has 1 N–H and O–H groups in total. The lowest BCUT2D eigenvalue weighted by molar-refractivity contribution is -0.0353. The molecule has 0 radical (unpaired) electrons. The minimum Gasteiger partial charge on any atom is -0.445 e. The number of fused-ring (bicyclic) bond motifs is 4. The average Bonchev–Trinajstić information content (AvgIpc) is 2.78. The molecule has 2 aromatic rings. The number of piperidine rings is 3. The summed E-state index contributed by atoms with van der Waals surface area (Å²) in [5.41, 5.74) is 3.56. The first-order chi connectivity index (χ1) is 15.3. The predicted molar refractivity (Wildman–Crippen MR) is 119 cm³/mol. The summed E-state index contributed by atoms with van der Waals surface area (Å²) in [6, 6.07) is 9.76. The summed E-state index contributed by atoms with van der Waals surface area (Å²) in [4.78, 5) is 15.3. The molecule has 1 aliphatic carbocycles. The van der Waals surface area contributed by atoms with Crippen LogP contribution in [0.15, 0.2) is 36.4 Å². The van der Waals surface area contributed by atoms with Crippen LogP contribution in [0.2, 0.25) is 0 Å². The Labute approximate surface area is 187 Å². The fourth-order valence-electron chi connectivity index (χ4n) is 5.59. The summed E-state index contributed by atoms with van der Waals surface area (Å²) in [7, 11) is 0. The van der Waals surface area contributed by atoms with Crippen LogP contribution in [-0.2, 0) is 11.2 Å². The van der Waals surface area contributed by atoms with Crippen LogP contribution in [0.3, 0.4) is 0 Å². The molecule has 4 aliphatic rings. The van der Waals surface area contributed by atoms with E-state index in [2.05, 4.69) is 24.1 Å². The summed E-state index contributed by atoms with van der Waals surface area (Å²) in [6.07, 6.45) is 3.60. The largest absolute Gasteiger partial charge is 0.445 e. The third-order valence-corrected chi connectivity index (χ3v) is 7.64. The molecule has 32 heavy (non-hydrogen) atoms. The third kappa shape index (κ3) is 4.01. The Balaban J connectivity index is 1.36. The van der Waals surface area contributed by atoms with E-state index < -0.39 is 11.6 Å². The van der Waals surface area contributed by atoms with Crippen molar-refractivity contribution in [2.75, 3.05) is 19.6 Å². The highest BCUT2D eigenvalue weighted by Crippen LogP contribution is 2.44. The molecule has 3 fully saturated rings. The van der Waals surface area contributed by atoms with E-state index in [1.54, 1.807) is 6.07 Å². The van der Waals surface area contributed by atoms with Gasteiger partial charge >= 0.3 is 6.09 Å². The second kappa shape index (κ2) is 8.14. The maximum absolute atomic E-state index is 13.7. The van der Waals surface area contributed by atoms with Crippen molar-refractivity contribution in [1.29, 1.82) is 0 Å². The van der Waals surface area contributed by atoms with Crippen molar-refractivity contribution in [3.8, 4) is 11.1 Å². The number of hydrogen-bond donors (Lipinski definition) is 1. The van der Waals surface area contributed by atoms with Crippen LogP contribution < -0.4 is 5.32 Å². The van der Waals surface area contributed by atoms with Gasteiger partial charge in [0.2, 0.25) is 0 Å². The van der Waals surface area contributed by atoms with E-state index in [1.165, 1.54) is 6.07 Å². The van der Waals surface area contributed by atoms with Crippen LogP contribution in [-0.4, -0.2) is 36.7 Å². The highest BCUT2D eigenvalue weighted by molar-refractivity contribution is 5.70. The molecule has 2 bridgehead atoms. The van der Waals surface area contributed by atoms with Gasteiger partial charge in [-0.1, -0.05) is 38.1 Å². The van der Waals surface area contributed by atoms with Gasteiger partial charge in [0, 0.05) is 6.54 Å². The lowest BCUT2D eigenvalue weighted by Gasteiger charge is -2.44. The first kappa shape index (κ1) is 21.4. The number of rotatable bonds is 3. The Morgan fingerprint density at radius 2 is 1.78 bits per heavy atom. The second-order valence-electron chi connectivity index (χ2n) is 10.2. The Bertz CT molecular complexity index is 1030.